The lowest BCUT2D eigenvalue weighted by atomic mass is 10.2. The number of hydrogen-bond donors (Lipinski definition) is 1. The molecule has 4 nitrogen and oxygen atoms in total. The average molecular weight is 251 g/mol. The topological polar surface area (TPSA) is 59.4 Å². The summed E-state index contributed by atoms with van der Waals surface area (Å²) in [7, 11) is 0. The smallest absolute Gasteiger partial charge is 0.338 e. The summed E-state index contributed by atoms with van der Waals surface area (Å²) in [4.78, 5) is 14.3. The van der Waals surface area contributed by atoms with Crippen LogP contribution in [0.4, 0.5) is 8.78 Å². The van der Waals surface area contributed by atoms with E-state index >= 15 is 0 Å². The average Bonchev–Trinajstić information content (AvgIpc) is 2.34. The fraction of sp³-hybridized carbons (Fsp3) is 0. The summed E-state index contributed by atoms with van der Waals surface area (Å²) < 4.78 is 31.3. The van der Waals surface area contributed by atoms with Crippen LogP contribution in [-0.2, 0) is 0 Å². The van der Waals surface area contributed by atoms with Gasteiger partial charge in [0.1, 0.15) is 17.1 Å². The minimum absolute atomic E-state index is 0.158. The molecule has 1 heterocycles. The Morgan fingerprint density at radius 3 is 2.44 bits per heavy atom. The lowest BCUT2D eigenvalue weighted by Crippen LogP contribution is -2.03. The molecule has 92 valence electrons. The molecule has 2 aromatic rings. The Labute approximate surface area is 100 Å². The zero-order chi connectivity index (χ0) is 13.1. The van der Waals surface area contributed by atoms with E-state index in [-0.39, 0.29) is 5.75 Å². The molecule has 0 aliphatic heterocycles. The third kappa shape index (κ3) is 2.42. The fourth-order valence-electron chi connectivity index (χ4n) is 1.28. The number of carboxylic acids is 1. The monoisotopic (exact) mass is 251 g/mol. The van der Waals surface area contributed by atoms with Crippen molar-refractivity contribution in [1.82, 2.24) is 4.98 Å². The second-order valence-electron chi connectivity index (χ2n) is 3.34. The maximum Gasteiger partial charge on any atom is 0.338 e. The van der Waals surface area contributed by atoms with Crippen LogP contribution in [0.2, 0.25) is 0 Å². The van der Waals surface area contributed by atoms with Gasteiger partial charge < -0.3 is 9.84 Å². The van der Waals surface area contributed by atoms with Gasteiger partial charge >= 0.3 is 5.97 Å². The Balaban J connectivity index is 2.32. The van der Waals surface area contributed by atoms with Crippen molar-refractivity contribution in [2.45, 2.75) is 0 Å². The maximum absolute atomic E-state index is 13.6. The lowest BCUT2D eigenvalue weighted by Gasteiger charge is -2.06. The van der Waals surface area contributed by atoms with Crippen LogP contribution in [0.1, 0.15) is 10.4 Å². The van der Waals surface area contributed by atoms with Crippen LogP contribution in [0.15, 0.2) is 36.5 Å². The van der Waals surface area contributed by atoms with Crippen molar-refractivity contribution in [3.63, 3.8) is 0 Å². The van der Waals surface area contributed by atoms with Crippen LogP contribution < -0.4 is 4.74 Å². The molecule has 1 aromatic heterocycles. The van der Waals surface area contributed by atoms with E-state index in [9.17, 15) is 13.6 Å². The molecule has 0 saturated carbocycles. The quantitative estimate of drug-likeness (QED) is 0.911. The summed E-state index contributed by atoms with van der Waals surface area (Å²) in [6.07, 6.45) is 1.12. The highest BCUT2D eigenvalue weighted by molar-refractivity contribution is 5.88. The minimum Gasteiger partial charge on any atom is -0.478 e. The van der Waals surface area contributed by atoms with Crippen molar-refractivity contribution < 1.29 is 23.4 Å². The van der Waals surface area contributed by atoms with Crippen molar-refractivity contribution in [3.8, 4) is 11.6 Å². The number of carboxylic acid groups (broad SMARTS) is 1. The molecule has 18 heavy (non-hydrogen) atoms. The van der Waals surface area contributed by atoms with E-state index in [1.165, 1.54) is 12.1 Å². The molecule has 0 saturated heterocycles. The van der Waals surface area contributed by atoms with Crippen molar-refractivity contribution in [2.24, 2.45) is 0 Å². The van der Waals surface area contributed by atoms with Gasteiger partial charge in [-0.15, -0.1) is 0 Å². The summed E-state index contributed by atoms with van der Waals surface area (Å²) in [6.45, 7) is 0. The van der Waals surface area contributed by atoms with Crippen molar-refractivity contribution in [2.75, 3.05) is 0 Å². The van der Waals surface area contributed by atoms with Gasteiger partial charge in [-0.3, -0.25) is 0 Å². The van der Waals surface area contributed by atoms with Crippen molar-refractivity contribution >= 4 is 5.97 Å². The second-order valence-corrected chi connectivity index (χ2v) is 3.34. The Bertz CT molecular complexity index is 584. The first-order valence-electron chi connectivity index (χ1n) is 4.89. The van der Waals surface area contributed by atoms with Crippen molar-refractivity contribution in [3.05, 3.63) is 53.7 Å². The number of benzene rings is 1. The number of ether oxygens (including phenoxy) is 1. The standard InChI is InChI=1S/C12H7F2NO3/c13-7-1-3-8(4-2-7)18-11-10(14)9(12(16)17)5-6-15-11/h1-6H,(H,16,17). The summed E-state index contributed by atoms with van der Waals surface area (Å²) >= 11 is 0. The summed E-state index contributed by atoms with van der Waals surface area (Å²) in [5, 5.41) is 8.72. The minimum atomic E-state index is -1.42. The molecule has 0 atom stereocenters. The molecule has 0 aliphatic rings. The molecule has 6 heteroatoms. The van der Waals surface area contributed by atoms with E-state index < -0.39 is 29.0 Å². The van der Waals surface area contributed by atoms with Gasteiger partial charge in [0.15, 0.2) is 5.82 Å². The van der Waals surface area contributed by atoms with Gasteiger partial charge in [-0.2, -0.15) is 0 Å². The first kappa shape index (κ1) is 12.0. The highest BCUT2D eigenvalue weighted by Crippen LogP contribution is 2.24. The van der Waals surface area contributed by atoms with Crippen LogP contribution in [0, 0.1) is 11.6 Å². The number of carbonyl (C=O) groups is 1. The van der Waals surface area contributed by atoms with E-state index in [2.05, 4.69) is 4.98 Å². The van der Waals surface area contributed by atoms with Gasteiger partial charge in [0.05, 0.1) is 0 Å². The molecule has 0 bridgehead atoms. The Kier molecular flexibility index (Phi) is 3.18. The number of aromatic nitrogens is 1. The largest absolute Gasteiger partial charge is 0.478 e. The predicted octanol–water partition coefficient (Wildman–Crippen LogP) is 2.85. The Hall–Kier alpha value is -2.50. The highest BCUT2D eigenvalue weighted by atomic mass is 19.1. The molecule has 2 rings (SSSR count). The van der Waals surface area contributed by atoms with Gasteiger partial charge in [-0.05, 0) is 30.3 Å². The predicted molar refractivity (Wildman–Crippen MR) is 57.6 cm³/mol. The van der Waals surface area contributed by atoms with Crippen LogP contribution in [-0.4, -0.2) is 16.1 Å². The zero-order valence-corrected chi connectivity index (χ0v) is 8.93. The number of nitrogens with zero attached hydrogens (tertiary/aromatic N) is 1. The van der Waals surface area contributed by atoms with Crippen LogP contribution >= 0.6 is 0 Å². The van der Waals surface area contributed by atoms with E-state index in [0.29, 0.717) is 0 Å². The number of rotatable bonds is 3. The summed E-state index contributed by atoms with van der Waals surface area (Å²) in [5.74, 6) is -3.27. The number of halogens is 2. The molecule has 0 fully saturated rings. The third-order valence-corrected chi connectivity index (χ3v) is 2.12. The van der Waals surface area contributed by atoms with Gasteiger partial charge in [0, 0.05) is 6.20 Å². The third-order valence-electron chi connectivity index (χ3n) is 2.12. The molecule has 1 N–H and O–H groups in total. The highest BCUT2D eigenvalue weighted by Gasteiger charge is 2.16. The van der Waals surface area contributed by atoms with Crippen molar-refractivity contribution in [1.29, 1.82) is 0 Å². The molecule has 0 unspecified atom stereocenters. The number of hydrogen-bond acceptors (Lipinski definition) is 3. The van der Waals surface area contributed by atoms with Gasteiger partial charge in [0.25, 0.3) is 5.88 Å². The molecule has 0 radical (unpaired) electrons. The SMILES string of the molecule is O=C(O)c1ccnc(Oc2ccc(F)cc2)c1F. The Morgan fingerprint density at radius 2 is 1.83 bits per heavy atom. The van der Waals surface area contributed by atoms with Crippen LogP contribution in [0.5, 0.6) is 11.6 Å². The molecule has 0 amide bonds. The van der Waals surface area contributed by atoms with Gasteiger partial charge in [0.2, 0.25) is 0 Å². The first-order valence-corrected chi connectivity index (χ1v) is 4.89. The lowest BCUT2D eigenvalue weighted by molar-refractivity contribution is 0.0690. The summed E-state index contributed by atoms with van der Waals surface area (Å²) in [5.41, 5.74) is -0.540. The zero-order valence-electron chi connectivity index (χ0n) is 8.93. The Morgan fingerprint density at radius 1 is 1.17 bits per heavy atom. The normalized spacial score (nSPS) is 10.1. The molecule has 1 aromatic carbocycles. The van der Waals surface area contributed by atoms with Gasteiger partial charge in [-0.25, -0.2) is 18.6 Å². The number of aromatic carboxylic acids is 1. The van der Waals surface area contributed by atoms with E-state index in [1.54, 1.807) is 0 Å². The first-order chi connectivity index (χ1) is 8.58. The van der Waals surface area contributed by atoms with Crippen LogP contribution in [0.3, 0.4) is 0 Å². The molecular formula is C12H7F2NO3. The summed E-state index contributed by atoms with van der Waals surface area (Å²) in [6, 6.07) is 5.85. The van der Waals surface area contributed by atoms with Gasteiger partial charge in [-0.1, -0.05) is 0 Å². The molecule has 0 aliphatic carbocycles. The molecule has 0 spiro atoms. The number of pyridine rings is 1. The van der Waals surface area contributed by atoms with E-state index in [1.807, 2.05) is 0 Å². The molecular weight excluding hydrogens is 244 g/mol. The second kappa shape index (κ2) is 4.79. The fourth-order valence-corrected chi connectivity index (χ4v) is 1.28. The van der Waals surface area contributed by atoms with Crippen LogP contribution in [0.25, 0.3) is 0 Å². The maximum atomic E-state index is 13.6. The van der Waals surface area contributed by atoms with E-state index in [4.69, 9.17) is 9.84 Å². The van der Waals surface area contributed by atoms with E-state index in [0.717, 1.165) is 24.4 Å².